The van der Waals surface area contributed by atoms with Crippen LogP contribution < -0.4 is 0 Å². The predicted molar refractivity (Wildman–Crippen MR) is 60.9 cm³/mol. The molecule has 0 aliphatic carbocycles. The van der Waals surface area contributed by atoms with E-state index in [0.717, 1.165) is 25.7 Å². The minimum atomic E-state index is -0.598. The molecule has 0 radical (unpaired) electrons. The van der Waals surface area contributed by atoms with Gasteiger partial charge in [-0.3, -0.25) is 0 Å². The van der Waals surface area contributed by atoms with Crippen molar-refractivity contribution in [2.75, 3.05) is 6.61 Å². The van der Waals surface area contributed by atoms with Crippen molar-refractivity contribution in [3.8, 4) is 0 Å². The van der Waals surface area contributed by atoms with Gasteiger partial charge in [0.05, 0.1) is 6.61 Å². The van der Waals surface area contributed by atoms with Crippen LogP contribution in [-0.2, 0) is 9.47 Å². The van der Waals surface area contributed by atoms with Crippen LogP contribution in [0, 0.1) is 0 Å². The Balaban J connectivity index is 4.44. The Kier molecular flexibility index (Phi) is 6.84. The molecule has 0 fully saturated rings. The Hall–Kier alpha value is -0.990. The fourth-order valence-corrected chi connectivity index (χ4v) is 1.63. The van der Waals surface area contributed by atoms with E-state index in [-0.39, 0.29) is 0 Å². The molecule has 0 aromatic rings. The van der Waals surface area contributed by atoms with Crippen LogP contribution in [0.4, 0.5) is 4.79 Å². The summed E-state index contributed by atoms with van der Waals surface area (Å²) >= 11 is 0. The van der Waals surface area contributed by atoms with Crippen LogP contribution in [0.15, 0.2) is 12.7 Å². The first-order valence-corrected chi connectivity index (χ1v) is 5.63. The highest BCUT2D eigenvalue weighted by atomic mass is 16.7. The van der Waals surface area contributed by atoms with Crippen molar-refractivity contribution in [3.05, 3.63) is 12.7 Å². The number of rotatable bonds is 7. The van der Waals surface area contributed by atoms with Crippen molar-refractivity contribution in [2.24, 2.45) is 0 Å². The van der Waals surface area contributed by atoms with Gasteiger partial charge in [0, 0.05) is 0 Å². The largest absolute Gasteiger partial charge is 0.509 e. The molecule has 0 bridgehead atoms. The van der Waals surface area contributed by atoms with E-state index in [1.165, 1.54) is 0 Å². The summed E-state index contributed by atoms with van der Waals surface area (Å²) in [4.78, 5) is 11.3. The van der Waals surface area contributed by atoms with Gasteiger partial charge in [-0.05, 0) is 25.8 Å². The average Bonchev–Trinajstić information content (AvgIpc) is 2.18. The Labute approximate surface area is 92.5 Å². The maximum absolute atomic E-state index is 11.3. The second kappa shape index (κ2) is 7.32. The van der Waals surface area contributed by atoms with Gasteiger partial charge in [0.1, 0.15) is 5.60 Å². The highest BCUT2D eigenvalue weighted by molar-refractivity contribution is 5.60. The first-order chi connectivity index (χ1) is 7.14. The lowest BCUT2D eigenvalue weighted by atomic mass is 9.93. The zero-order valence-electron chi connectivity index (χ0n) is 10.0. The number of carbonyl (C=O) groups is 1. The van der Waals surface area contributed by atoms with Crippen LogP contribution in [0.5, 0.6) is 0 Å². The van der Waals surface area contributed by atoms with E-state index < -0.39 is 11.8 Å². The molecule has 0 saturated carbocycles. The van der Waals surface area contributed by atoms with Gasteiger partial charge in [0.2, 0.25) is 0 Å². The first kappa shape index (κ1) is 14.0. The molecule has 0 aromatic heterocycles. The highest BCUT2D eigenvalue weighted by Crippen LogP contribution is 2.26. The summed E-state index contributed by atoms with van der Waals surface area (Å²) in [6, 6.07) is 0. The van der Waals surface area contributed by atoms with Crippen molar-refractivity contribution < 1.29 is 14.3 Å². The molecule has 3 heteroatoms. The van der Waals surface area contributed by atoms with Crippen LogP contribution in [0.2, 0.25) is 0 Å². The van der Waals surface area contributed by atoms with E-state index in [9.17, 15) is 4.79 Å². The number of ether oxygens (including phenoxy) is 2. The molecule has 0 aliphatic heterocycles. The lowest BCUT2D eigenvalue weighted by Gasteiger charge is -2.29. The van der Waals surface area contributed by atoms with Gasteiger partial charge in [-0.15, -0.1) is 0 Å². The molecule has 0 rings (SSSR count). The second-order valence-electron chi connectivity index (χ2n) is 3.55. The molecule has 0 saturated heterocycles. The van der Waals surface area contributed by atoms with E-state index in [0.29, 0.717) is 6.61 Å². The van der Waals surface area contributed by atoms with Crippen molar-refractivity contribution >= 4 is 6.16 Å². The quantitative estimate of drug-likeness (QED) is 0.479. The Morgan fingerprint density at radius 3 is 2.13 bits per heavy atom. The maximum atomic E-state index is 11.3. The van der Waals surface area contributed by atoms with Crippen molar-refractivity contribution in [1.29, 1.82) is 0 Å². The fourth-order valence-electron chi connectivity index (χ4n) is 1.63. The minimum Gasteiger partial charge on any atom is -0.435 e. The highest BCUT2D eigenvalue weighted by Gasteiger charge is 2.29. The van der Waals surface area contributed by atoms with Crippen molar-refractivity contribution in [2.45, 2.75) is 52.1 Å². The van der Waals surface area contributed by atoms with Crippen LogP contribution in [0.3, 0.4) is 0 Å². The average molecular weight is 214 g/mol. The molecule has 0 aromatic carbocycles. The summed E-state index contributed by atoms with van der Waals surface area (Å²) in [6.45, 7) is 9.96. The van der Waals surface area contributed by atoms with Gasteiger partial charge in [0.25, 0.3) is 0 Å². The molecule has 88 valence electrons. The van der Waals surface area contributed by atoms with Crippen LogP contribution in [0.25, 0.3) is 0 Å². The summed E-state index contributed by atoms with van der Waals surface area (Å²) in [7, 11) is 0. The SMILES string of the molecule is C=CC(CCC)(CCC)OC(=O)OCC. The van der Waals surface area contributed by atoms with Crippen molar-refractivity contribution in [3.63, 3.8) is 0 Å². The van der Waals surface area contributed by atoms with E-state index >= 15 is 0 Å². The maximum Gasteiger partial charge on any atom is 0.509 e. The van der Waals surface area contributed by atoms with E-state index in [2.05, 4.69) is 20.4 Å². The smallest absolute Gasteiger partial charge is 0.435 e. The van der Waals surface area contributed by atoms with Gasteiger partial charge in [-0.1, -0.05) is 33.3 Å². The molecule has 3 nitrogen and oxygen atoms in total. The molecule has 0 aliphatic rings. The summed E-state index contributed by atoms with van der Waals surface area (Å²) < 4.78 is 10.1. The summed E-state index contributed by atoms with van der Waals surface area (Å²) in [5.41, 5.74) is -0.546. The van der Waals surface area contributed by atoms with Crippen LogP contribution >= 0.6 is 0 Å². The third-order valence-corrected chi connectivity index (χ3v) is 2.27. The Morgan fingerprint density at radius 1 is 1.27 bits per heavy atom. The lowest BCUT2D eigenvalue weighted by Crippen LogP contribution is -2.33. The lowest BCUT2D eigenvalue weighted by molar-refractivity contribution is -0.0171. The predicted octanol–water partition coefficient (Wildman–Crippen LogP) is 3.68. The normalized spacial score (nSPS) is 10.9. The topological polar surface area (TPSA) is 35.5 Å². The first-order valence-electron chi connectivity index (χ1n) is 5.63. The standard InChI is InChI=1S/C12H22O3/c1-5-9-12(7-3,10-6-2)15-11(13)14-8-4/h7H,3,5-6,8-10H2,1-2,4H3. The molecule has 0 heterocycles. The molecule has 0 N–H and O–H groups in total. The van der Waals surface area contributed by atoms with E-state index in [4.69, 9.17) is 9.47 Å². The monoisotopic (exact) mass is 214 g/mol. The summed E-state index contributed by atoms with van der Waals surface area (Å²) in [5.74, 6) is 0. The summed E-state index contributed by atoms with van der Waals surface area (Å²) in [6.07, 6.45) is 4.61. The molecule has 0 unspecified atom stereocenters. The van der Waals surface area contributed by atoms with Gasteiger partial charge < -0.3 is 9.47 Å². The third kappa shape index (κ3) is 4.86. The molecule has 0 amide bonds. The van der Waals surface area contributed by atoms with Gasteiger partial charge >= 0.3 is 6.16 Å². The van der Waals surface area contributed by atoms with E-state index in [1.807, 2.05) is 0 Å². The van der Waals surface area contributed by atoms with Gasteiger partial charge in [-0.25, -0.2) is 4.79 Å². The molecule has 0 atom stereocenters. The number of carbonyl (C=O) groups excluding carboxylic acids is 1. The Morgan fingerprint density at radius 2 is 1.80 bits per heavy atom. The molecular weight excluding hydrogens is 192 g/mol. The zero-order valence-corrected chi connectivity index (χ0v) is 10.0. The molecular formula is C12H22O3. The van der Waals surface area contributed by atoms with Crippen molar-refractivity contribution in [1.82, 2.24) is 0 Å². The zero-order chi connectivity index (χ0) is 11.7. The van der Waals surface area contributed by atoms with Crippen LogP contribution in [0.1, 0.15) is 46.5 Å². The van der Waals surface area contributed by atoms with Gasteiger partial charge in [0.15, 0.2) is 0 Å². The minimum absolute atomic E-state index is 0.338. The van der Waals surface area contributed by atoms with Crippen LogP contribution in [-0.4, -0.2) is 18.4 Å². The fraction of sp³-hybridized carbons (Fsp3) is 0.750. The second-order valence-corrected chi connectivity index (χ2v) is 3.55. The third-order valence-electron chi connectivity index (χ3n) is 2.27. The van der Waals surface area contributed by atoms with E-state index in [1.54, 1.807) is 13.0 Å². The molecule has 15 heavy (non-hydrogen) atoms. The number of hydrogen-bond donors (Lipinski definition) is 0. The summed E-state index contributed by atoms with van der Waals surface area (Å²) in [5, 5.41) is 0. The van der Waals surface area contributed by atoms with Gasteiger partial charge in [-0.2, -0.15) is 0 Å². The Bertz CT molecular complexity index is 193. The molecule has 0 spiro atoms. The number of hydrogen-bond acceptors (Lipinski definition) is 3.